The lowest BCUT2D eigenvalue weighted by Crippen LogP contribution is -2.52. The minimum absolute atomic E-state index is 0.200. The summed E-state index contributed by atoms with van der Waals surface area (Å²) >= 11 is 5.88. The molecule has 2 atom stereocenters. The summed E-state index contributed by atoms with van der Waals surface area (Å²) in [6.07, 6.45) is -0.0510. The van der Waals surface area contributed by atoms with Crippen molar-refractivity contribution >= 4 is 23.6 Å². The van der Waals surface area contributed by atoms with Gasteiger partial charge in [-0.25, -0.2) is 13.6 Å². The first-order valence-corrected chi connectivity index (χ1v) is 10.4. The molecular formula is C23H25ClF2N2O3. The van der Waals surface area contributed by atoms with Crippen LogP contribution in [0, 0.1) is 11.6 Å². The summed E-state index contributed by atoms with van der Waals surface area (Å²) < 4.78 is 32.9. The molecule has 3 rings (SSSR count). The number of likely N-dealkylation sites (tertiary alicyclic amines) is 1. The monoisotopic (exact) mass is 450 g/mol. The third-order valence-corrected chi connectivity index (χ3v) is 5.31. The van der Waals surface area contributed by atoms with Crippen LogP contribution >= 0.6 is 11.6 Å². The van der Waals surface area contributed by atoms with Gasteiger partial charge in [-0.1, -0.05) is 17.7 Å². The first-order chi connectivity index (χ1) is 14.5. The molecule has 0 radical (unpaired) electrons. The van der Waals surface area contributed by atoms with Crippen molar-refractivity contribution in [2.24, 2.45) is 0 Å². The fraction of sp³-hybridized carbons (Fsp3) is 0.391. The van der Waals surface area contributed by atoms with E-state index in [0.29, 0.717) is 29.1 Å². The Balaban J connectivity index is 1.83. The van der Waals surface area contributed by atoms with E-state index in [1.54, 1.807) is 45.0 Å². The fourth-order valence-corrected chi connectivity index (χ4v) is 3.68. The molecule has 2 aromatic carbocycles. The number of nitrogens with one attached hydrogen (secondary N) is 1. The van der Waals surface area contributed by atoms with E-state index < -0.39 is 29.2 Å². The molecule has 1 aliphatic rings. The Hall–Kier alpha value is -2.67. The number of carbonyl (C=O) groups excluding carboxylic acids is 2. The van der Waals surface area contributed by atoms with Crippen molar-refractivity contribution in [3.05, 3.63) is 70.2 Å². The number of carbonyl (C=O) groups is 2. The van der Waals surface area contributed by atoms with Crippen LogP contribution in [0.5, 0.6) is 0 Å². The molecule has 0 spiro atoms. The number of ether oxygens (including phenoxy) is 1. The number of hydrogen-bond acceptors (Lipinski definition) is 3. The maximum Gasteiger partial charge on any atom is 0.410 e. The Bertz CT molecular complexity index is 960. The maximum atomic E-state index is 13.9. The highest BCUT2D eigenvalue weighted by Gasteiger charge is 2.35. The first-order valence-electron chi connectivity index (χ1n) is 10.0. The number of rotatable bonds is 3. The Labute approximate surface area is 185 Å². The van der Waals surface area contributed by atoms with E-state index in [1.807, 2.05) is 0 Å². The van der Waals surface area contributed by atoms with Crippen LogP contribution in [-0.2, 0) is 4.74 Å². The van der Waals surface area contributed by atoms with Gasteiger partial charge in [-0.2, -0.15) is 0 Å². The largest absolute Gasteiger partial charge is 0.444 e. The molecule has 1 aliphatic heterocycles. The average molecular weight is 451 g/mol. The second-order valence-electron chi connectivity index (χ2n) is 8.58. The van der Waals surface area contributed by atoms with Crippen molar-refractivity contribution in [3.8, 4) is 0 Å². The lowest BCUT2D eigenvalue weighted by molar-refractivity contribution is 0.0177. The van der Waals surface area contributed by atoms with Gasteiger partial charge in [0.25, 0.3) is 5.91 Å². The van der Waals surface area contributed by atoms with Gasteiger partial charge in [0.2, 0.25) is 0 Å². The van der Waals surface area contributed by atoms with Gasteiger partial charge < -0.3 is 15.0 Å². The fourth-order valence-electron chi connectivity index (χ4n) is 3.55. The van der Waals surface area contributed by atoms with E-state index in [-0.39, 0.29) is 18.5 Å². The first kappa shape index (κ1) is 23.0. The topological polar surface area (TPSA) is 58.6 Å². The van der Waals surface area contributed by atoms with Crippen LogP contribution in [0.3, 0.4) is 0 Å². The predicted octanol–water partition coefficient (Wildman–Crippen LogP) is 5.14. The van der Waals surface area contributed by atoms with Gasteiger partial charge in [0.1, 0.15) is 5.60 Å². The zero-order chi connectivity index (χ0) is 22.8. The molecule has 1 saturated heterocycles. The van der Waals surface area contributed by atoms with Crippen LogP contribution in [-0.4, -0.2) is 41.6 Å². The summed E-state index contributed by atoms with van der Waals surface area (Å²) in [4.78, 5) is 26.8. The molecule has 2 amide bonds. The van der Waals surface area contributed by atoms with Crippen molar-refractivity contribution < 1.29 is 23.1 Å². The van der Waals surface area contributed by atoms with Gasteiger partial charge in [0, 0.05) is 35.6 Å². The van der Waals surface area contributed by atoms with Crippen LogP contribution in [0.4, 0.5) is 13.6 Å². The smallest absolute Gasteiger partial charge is 0.410 e. The molecule has 1 heterocycles. The van der Waals surface area contributed by atoms with E-state index in [4.69, 9.17) is 16.3 Å². The molecule has 31 heavy (non-hydrogen) atoms. The third kappa shape index (κ3) is 5.94. The lowest BCUT2D eigenvalue weighted by Gasteiger charge is -2.39. The summed E-state index contributed by atoms with van der Waals surface area (Å²) in [5, 5.41) is 3.48. The standard InChI is InChI=1S/C23H25ClF2N2O3/c1-23(2,3)31-22(30)28-11-10-20(27-21(29)14-4-7-16(24)8-5-14)17(13-28)15-6-9-18(25)19(26)12-15/h4-9,12,17,20H,10-11,13H2,1-3H3,(H,27,29)/t17-,20+/m0/s1. The molecule has 5 nitrogen and oxygen atoms in total. The minimum atomic E-state index is -0.977. The molecule has 0 unspecified atom stereocenters. The van der Waals surface area contributed by atoms with E-state index in [1.165, 1.54) is 11.0 Å². The Morgan fingerprint density at radius 2 is 1.77 bits per heavy atom. The van der Waals surface area contributed by atoms with Gasteiger partial charge in [0.05, 0.1) is 0 Å². The van der Waals surface area contributed by atoms with Gasteiger partial charge in [-0.15, -0.1) is 0 Å². The number of hydrogen-bond donors (Lipinski definition) is 1. The number of amides is 2. The second kappa shape index (κ2) is 9.22. The van der Waals surface area contributed by atoms with Gasteiger partial charge in [-0.05, 0) is 69.2 Å². The summed E-state index contributed by atoms with van der Waals surface area (Å²) in [7, 11) is 0. The summed E-state index contributed by atoms with van der Waals surface area (Å²) in [6, 6.07) is 9.72. The van der Waals surface area contributed by atoms with Crippen LogP contribution in [0.25, 0.3) is 0 Å². The normalized spacial score (nSPS) is 19.1. The highest BCUT2D eigenvalue weighted by molar-refractivity contribution is 6.30. The van der Waals surface area contributed by atoms with Gasteiger partial charge in [-0.3, -0.25) is 4.79 Å². The van der Waals surface area contributed by atoms with Crippen molar-refractivity contribution in [2.75, 3.05) is 13.1 Å². The minimum Gasteiger partial charge on any atom is -0.444 e. The molecule has 0 aromatic heterocycles. The van der Waals surface area contributed by atoms with Crippen molar-refractivity contribution in [1.29, 1.82) is 0 Å². The third-order valence-electron chi connectivity index (χ3n) is 5.06. The number of nitrogens with zero attached hydrogens (tertiary/aromatic N) is 1. The van der Waals surface area contributed by atoms with Crippen LogP contribution in [0.1, 0.15) is 49.0 Å². The van der Waals surface area contributed by atoms with Crippen LogP contribution < -0.4 is 5.32 Å². The zero-order valence-corrected chi connectivity index (χ0v) is 18.4. The Morgan fingerprint density at radius 3 is 2.39 bits per heavy atom. The molecule has 166 valence electrons. The van der Waals surface area contributed by atoms with Crippen molar-refractivity contribution in [2.45, 2.75) is 44.8 Å². The van der Waals surface area contributed by atoms with Crippen LogP contribution in [0.15, 0.2) is 42.5 Å². The van der Waals surface area contributed by atoms with Crippen molar-refractivity contribution in [3.63, 3.8) is 0 Å². The molecule has 0 aliphatic carbocycles. The lowest BCUT2D eigenvalue weighted by atomic mass is 9.85. The van der Waals surface area contributed by atoms with Gasteiger partial charge in [0.15, 0.2) is 11.6 Å². The highest BCUT2D eigenvalue weighted by atomic mass is 35.5. The van der Waals surface area contributed by atoms with Gasteiger partial charge >= 0.3 is 6.09 Å². The quantitative estimate of drug-likeness (QED) is 0.704. The molecular weight excluding hydrogens is 426 g/mol. The molecule has 1 N–H and O–H groups in total. The predicted molar refractivity (Wildman–Crippen MR) is 114 cm³/mol. The Morgan fingerprint density at radius 1 is 1.10 bits per heavy atom. The van der Waals surface area contributed by atoms with E-state index >= 15 is 0 Å². The van der Waals surface area contributed by atoms with E-state index in [9.17, 15) is 18.4 Å². The van der Waals surface area contributed by atoms with Crippen LogP contribution in [0.2, 0.25) is 5.02 Å². The zero-order valence-electron chi connectivity index (χ0n) is 17.6. The van der Waals surface area contributed by atoms with Crippen molar-refractivity contribution in [1.82, 2.24) is 10.2 Å². The van der Waals surface area contributed by atoms with E-state index in [2.05, 4.69) is 5.32 Å². The average Bonchev–Trinajstić information content (AvgIpc) is 2.69. The molecule has 8 heteroatoms. The molecule has 1 fully saturated rings. The summed E-state index contributed by atoms with van der Waals surface area (Å²) in [6.45, 7) is 5.89. The summed E-state index contributed by atoms with van der Waals surface area (Å²) in [5.74, 6) is -2.67. The molecule has 0 saturated carbocycles. The molecule has 2 aromatic rings. The highest BCUT2D eigenvalue weighted by Crippen LogP contribution is 2.30. The molecule has 0 bridgehead atoms. The Kier molecular flexibility index (Phi) is 6.84. The SMILES string of the molecule is CC(C)(C)OC(=O)N1CC[C@@H](NC(=O)c2ccc(Cl)cc2)[C@H](c2ccc(F)c(F)c2)C1. The maximum absolute atomic E-state index is 13.9. The number of halogens is 3. The second-order valence-corrected chi connectivity index (χ2v) is 9.02. The van der Waals surface area contributed by atoms with E-state index in [0.717, 1.165) is 12.1 Å². The number of piperidine rings is 1. The summed E-state index contributed by atoms with van der Waals surface area (Å²) in [5.41, 5.74) is 0.269. The number of benzene rings is 2.